The summed E-state index contributed by atoms with van der Waals surface area (Å²) in [6, 6.07) is 12.4. The van der Waals surface area contributed by atoms with Crippen LogP contribution in [0.15, 0.2) is 42.5 Å². The minimum atomic E-state index is -0.615. The van der Waals surface area contributed by atoms with E-state index in [-0.39, 0.29) is 18.2 Å². The van der Waals surface area contributed by atoms with E-state index < -0.39 is 17.9 Å². The third-order valence-corrected chi connectivity index (χ3v) is 6.69. The molecule has 2 saturated heterocycles. The number of primary amides is 1. The Morgan fingerprint density at radius 2 is 1.64 bits per heavy atom. The van der Waals surface area contributed by atoms with Crippen molar-refractivity contribution in [1.82, 2.24) is 10.2 Å². The third kappa shape index (κ3) is 3.79. The van der Waals surface area contributed by atoms with Crippen LogP contribution in [0.4, 0.5) is 11.4 Å². The average molecular weight is 447 g/mol. The van der Waals surface area contributed by atoms with Gasteiger partial charge in [0.1, 0.15) is 6.04 Å². The van der Waals surface area contributed by atoms with Crippen LogP contribution in [0.25, 0.3) is 0 Å². The zero-order chi connectivity index (χ0) is 23.1. The average Bonchev–Trinajstić information content (AvgIpc) is 3.16. The Labute approximate surface area is 191 Å². The lowest BCUT2D eigenvalue weighted by Gasteiger charge is -2.38. The van der Waals surface area contributed by atoms with E-state index in [4.69, 9.17) is 5.73 Å². The molecule has 9 heteroatoms. The summed E-state index contributed by atoms with van der Waals surface area (Å²) in [4.78, 5) is 54.3. The fraction of sp³-hybridized carbons (Fsp3) is 0.333. The van der Waals surface area contributed by atoms with Crippen LogP contribution in [0.5, 0.6) is 0 Å². The molecule has 5 rings (SSSR count). The Morgan fingerprint density at radius 3 is 2.30 bits per heavy atom. The molecule has 2 fully saturated rings. The van der Waals surface area contributed by atoms with E-state index in [9.17, 15) is 19.2 Å². The molecule has 0 bridgehead atoms. The summed E-state index contributed by atoms with van der Waals surface area (Å²) in [6.45, 7) is 3.52. The van der Waals surface area contributed by atoms with E-state index in [1.54, 1.807) is 17.0 Å². The van der Waals surface area contributed by atoms with Crippen LogP contribution in [-0.4, -0.2) is 60.7 Å². The number of hydrogen-bond acceptors (Lipinski definition) is 6. The van der Waals surface area contributed by atoms with E-state index in [0.29, 0.717) is 24.1 Å². The second kappa shape index (κ2) is 8.23. The number of amides is 4. The van der Waals surface area contributed by atoms with Crippen molar-refractivity contribution in [2.24, 2.45) is 5.73 Å². The van der Waals surface area contributed by atoms with Gasteiger partial charge < -0.3 is 20.4 Å². The van der Waals surface area contributed by atoms with E-state index >= 15 is 0 Å². The van der Waals surface area contributed by atoms with Crippen LogP contribution in [0.1, 0.15) is 39.1 Å². The maximum atomic E-state index is 13.1. The number of fused-ring (bicyclic) bond motifs is 1. The molecule has 33 heavy (non-hydrogen) atoms. The van der Waals surface area contributed by atoms with Gasteiger partial charge >= 0.3 is 0 Å². The number of hydrogen-bond donors (Lipinski definition) is 2. The lowest BCUT2D eigenvalue weighted by atomic mass is 10.0. The fourth-order valence-corrected chi connectivity index (χ4v) is 4.91. The van der Waals surface area contributed by atoms with Crippen molar-refractivity contribution in [3.63, 3.8) is 0 Å². The first-order valence-electron chi connectivity index (χ1n) is 11.1. The number of imide groups is 1. The molecule has 3 aliphatic rings. The largest absolute Gasteiger partial charge is 0.368 e. The number of carbonyl (C=O) groups excluding carboxylic acids is 4. The summed E-state index contributed by atoms with van der Waals surface area (Å²) >= 11 is 0. The number of anilines is 2. The number of nitrogens with two attached hydrogens (primary N) is 1. The first-order valence-corrected chi connectivity index (χ1v) is 11.1. The first-order chi connectivity index (χ1) is 15.9. The fourth-order valence-electron chi connectivity index (χ4n) is 4.91. The molecule has 4 amide bonds. The zero-order valence-corrected chi connectivity index (χ0v) is 18.1. The van der Waals surface area contributed by atoms with E-state index in [1.807, 2.05) is 30.3 Å². The molecule has 0 saturated carbocycles. The van der Waals surface area contributed by atoms with Crippen molar-refractivity contribution >= 4 is 35.0 Å². The summed E-state index contributed by atoms with van der Waals surface area (Å²) in [5.74, 6) is -1.28. The lowest BCUT2D eigenvalue weighted by molar-refractivity contribution is -0.136. The van der Waals surface area contributed by atoms with Gasteiger partial charge in [0.15, 0.2) is 0 Å². The normalized spacial score (nSPS) is 20.7. The van der Waals surface area contributed by atoms with Crippen molar-refractivity contribution in [3.8, 4) is 0 Å². The third-order valence-electron chi connectivity index (χ3n) is 6.69. The summed E-state index contributed by atoms with van der Waals surface area (Å²) in [6.07, 6.45) is 0.596. The number of nitrogens with zero attached hydrogens (tertiary/aromatic N) is 3. The van der Waals surface area contributed by atoms with Gasteiger partial charge in [-0.15, -0.1) is 0 Å². The van der Waals surface area contributed by atoms with Gasteiger partial charge in [0, 0.05) is 67.2 Å². The second-order valence-electron chi connectivity index (χ2n) is 8.59. The molecule has 170 valence electrons. The number of nitrogens with one attached hydrogen (secondary N) is 1. The molecule has 1 unspecified atom stereocenters. The monoisotopic (exact) mass is 447 g/mol. The predicted molar refractivity (Wildman–Crippen MR) is 122 cm³/mol. The molecule has 1 atom stereocenters. The molecule has 2 aromatic rings. The van der Waals surface area contributed by atoms with Gasteiger partial charge in [-0.25, -0.2) is 0 Å². The Balaban J connectivity index is 1.30. The number of piperidine rings is 1. The van der Waals surface area contributed by atoms with Gasteiger partial charge in [-0.05, 0) is 42.8 Å². The molecular weight excluding hydrogens is 422 g/mol. The molecule has 0 aromatic heterocycles. The van der Waals surface area contributed by atoms with Crippen LogP contribution >= 0.6 is 0 Å². The van der Waals surface area contributed by atoms with Gasteiger partial charge in [-0.3, -0.25) is 24.5 Å². The molecule has 0 radical (unpaired) electrons. The number of carbonyl (C=O) groups is 4. The van der Waals surface area contributed by atoms with E-state index in [1.165, 1.54) is 0 Å². The smallest absolute Gasteiger partial charge is 0.255 e. The molecular formula is C24H25N5O4. The number of piperazine rings is 1. The second-order valence-corrected chi connectivity index (χ2v) is 8.59. The molecule has 9 nitrogen and oxygen atoms in total. The van der Waals surface area contributed by atoms with Crippen molar-refractivity contribution < 1.29 is 19.2 Å². The molecule has 3 aliphatic heterocycles. The Hall–Kier alpha value is -3.88. The highest BCUT2D eigenvalue weighted by Crippen LogP contribution is 2.34. The Bertz CT molecular complexity index is 1140. The Morgan fingerprint density at radius 1 is 0.939 bits per heavy atom. The zero-order valence-electron chi connectivity index (χ0n) is 18.1. The van der Waals surface area contributed by atoms with Crippen molar-refractivity contribution in [1.29, 1.82) is 0 Å². The van der Waals surface area contributed by atoms with Crippen LogP contribution in [0.3, 0.4) is 0 Å². The van der Waals surface area contributed by atoms with Gasteiger partial charge in [-0.2, -0.15) is 0 Å². The van der Waals surface area contributed by atoms with Gasteiger partial charge in [0.05, 0.1) is 0 Å². The summed E-state index contributed by atoms with van der Waals surface area (Å²) in [7, 11) is 0. The highest BCUT2D eigenvalue weighted by molar-refractivity contribution is 6.06. The molecule has 3 heterocycles. The van der Waals surface area contributed by atoms with Crippen molar-refractivity contribution in [3.05, 3.63) is 59.2 Å². The summed E-state index contributed by atoms with van der Waals surface area (Å²) in [5, 5.41) is 2.35. The first kappa shape index (κ1) is 21.0. The molecule has 3 N–H and O–H groups in total. The quantitative estimate of drug-likeness (QED) is 0.672. The molecule has 0 spiro atoms. The topological polar surface area (TPSA) is 116 Å². The maximum absolute atomic E-state index is 13.1. The van der Waals surface area contributed by atoms with Gasteiger partial charge in [-0.1, -0.05) is 6.07 Å². The van der Waals surface area contributed by atoms with E-state index in [2.05, 4.69) is 15.1 Å². The van der Waals surface area contributed by atoms with Gasteiger partial charge in [0.25, 0.3) is 5.91 Å². The highest BCUT2D eigenvalue weighted by atomic mass is 16.2. The van der Waals surface area contributed by atoms with E-state index in [0.717, 1.165) is 43.1 Å². The lowest BCUT2D eigenvalue weighted by Crippen LogP contribution is -2.52. The standard InChI is InChI=1S/C24H25N5O4/c25-22(31)15-4-6-16(7-5-15)27-10-12-28(13-11-27)19-3-1-2-17-18(19)14-29(24(17)33)20-8-9-21(30)26-23(20)32/h1-7,20H,8-14H2,(H2,25,31)(H,26,30,32). The SMILES string of the molecule is NC(=O)c1ccc(N2CCN(c3cccc4c3CN(C3CCC(=O)NC3=O)C4=O)CC2)cc1. The van der Waals surface area contributed by atoms with Crippen LogP contribution in [0, 0.1) is 0 Å². The molecule has 2 aromatic carbocycles. The Kier molecular flexibility index (Phi) is 5.24. The van der Waals surface area contributed by atoms with Crippen LogP contribution in [-0.2, 0) is 16.1 Å². The van der Waals surface area contributed by atoms with Crippen molar-refractivity contribution in [2.75, 3.05) is 36.0 Å². The van der Waals surface area contributed by atoms with Crippen LogP contribution in [0.2, 0.25) is 0 Å². The predicted octanol–water partition coefficient (Wildman–Crippen LogP) is 0.873. The number of benzene rings is 2. The molecule has 0 aliphatic carbocycles. The summed E-state index contributed by atoms with van der Waals surface area (Å²) in [5.41, 5.74) is 9.43. The van der Waals surface area contributed by atoms with Gasteiger partial charge in [0.2, 0.25) is 17.7 Å². The van der Waals surface area contributed by atoms with Crippen molar-refractivity contribution in [2.45, 2.75) is 25.4 Å². The summed E-state index contributed by atoms with van der Waals surface area (Å²) < 4.78 is 0. The highest BCUT2D eigenvalue weighted by Gasteiger charge is 2.40. The minimum absolute atomic E-state index is 0.158. The number of rotatable bonds is 4. The maximum Gasteiger partial charge on any atom is 0.255 e. The van der Waals surface area contributed by atoms with Crippen LogP contribution < -0.4 is 20.9 Å². The minimum Gasteiger partial charge on any atom is -0.368 e.